The molecule has 132 valence electrons. The van der Waals surface area contributed by atoms with Gasteiger partial charge in [-0.3, -0.25) is 9.78 Å². The van der Waals surface area contributed by atoms with E-state index >= 15 is 0 Å². The Morgan fingerprint density at radius 2 is 2.04 bits per heavy atom. The number of nitrogens with one attached hydrogen (secondary N) is 1. The van der Waals surface area contributed by atoms with Crippen LogP contribution in [0.5, 0.6) is 0 Å². The van der Waals surface area contributed by atoms with Crippen LogP contribution < -0.4 is 5.43 Å². The van der Waals surface area contributed by atoms with E-state index in [-0.39, 0.29) is 16.9 Å². The molecule has 0 aliphatic rings. The van der Waals surface area contributed by atoms with Crippen molar-refractivity contribution >= 4 is 47.1 Å². The normalized spacial score (nSPS) is 11.0. The number of nitrogens with zero attached hydrogens (tertiary/aromatic N) is 4. The molecule has 2 heterocycles. The molecule has 1 aromatic carbocycles. The Balaban J connectivity index is 1.50. The molecule has 0 saturated heterocycles. The quantitative estimate of drug-likeness (QED) is 0.380. The average molecular weight is 408 g/mol. The summed E-state index contributed by atoms with van der Waals surface area (Å²) in [5.41, 5.74) is 3.80. The van der Waals surface area contributed by atoms with Crippen LogP contribution in [-0.2, 0) is 4.79 Å². The number of thioether (sulfide) groups is 1. The first-order chi connectivity index (χ1) is 12.6. The van der Waals surface area contributed by atoms with Gasteiger partial charge in [-0.25, -0.2) is 5.43 Å². The van der Waals surface area contributed by atoms with Crippen LogP contribution in [0.25, 0.3) is 11.5 Å². The minimum atomic E-state index is -0.319. The first-order valence-electron chi connectivity index (χ1n) is 7.25. The number of hydrazone groups is 1. The van der Waals surface area contributed by atoms with E-state index in [4.69, 9.17) is 27.6 Å². The summed E-state index contributed by atoms with van der Waals surface area (Å²) in [6.45, 7) is 0. The molecule has 0 unspecified atom stereocenters. The van der Waals surface area contributed by atoms with E-state index in [1.54, 1.807) is 42.7 Å². The topological polar surface area (TPSA) is 93.3 Å². The monoisotopic (exact) mass is 407 g/mol. The number of carbonyl (C=O) groups is 1. The highest BCUT2D eigenvalue weighted by atomic mass is 35.5. The minimum absolute atomic E-state index is 0.0731. The van der Waals surface area contributed by atoms with Crippen LogP contribution >= 0.6 is 35.0 Å². The fourth-order valence-corrected chi connectivity index (χ4v) is 2.83. The molecule has 7 nitrogen and oxygen atoms in total. The molecule has 0 aliphatic heterocycles. The lowest BCUT2D eigenvalue weighted by Gasteiger charge is -1.99. The van der Waals surface area contributed by atoms with E-state index in [0.29, 0.717) is 21.5 Å². The van der Waals surface area contributed by atoms with Crippen LogP contribution in [0.2, 0.25) is 10.0 Å². The number of benzene rings is 1. The zero-order chi connectivity index (χ0) is 18.4. The molecule has 0 bridgehead atoms. The van der Waals surface area contributed by atoms with Gasteiger partial charge in [-0.15, -0.1) is 10.2 Å². The van der Waals surface area contributed by atoms with Crippen molar-refractivity contribution in [3.05, 3.63) is 58.3 Å². The van der Waals surface area contributed by atoms with Gasteiger partial charge in [-0.05, 0) is 24.3 Å². The van der Waals surface area contributed by atoms with E-state index in [0.717, 1.165) is 17.3 Å². The second kappa shape index (κ2) is 8.79. The van der Waals surface area contributed by atoms with Gasteiger partial charge in [0.25, 0.3) is 11.1 Å². The number of hydrogen-bond acceptors (Lipinski definition) is 7. The van der Waals surface area contributed by atoms with E-state index in [1.165, 1.54) is 6.21 Å². The zero-order valence-electron chi connectivity index (χ0n) is 13.1. The number of amides is 1. The van der Waals surface area contributed by atoms with Gasteiger partial charge >= 0.3 is 0 Å². The van der Waals surface area contributed by atoms with Gasteiger partial charge in [0.1, 0.15) is 0 Å². The second-order valence-electron chi connectivity index (χ2n) is 4.86. The maximum atomic E-state index is 11.8. The minimum Gasteiger partial charge on any atom is -0.411 e. The van der Waals surface area contributed by atoms with E-state index in [9.17, 15) is 4.79 Å². The summed E-state index contributed by atoms with van der Waals surface area (Å²) < 4.78 is 5.49. The largest absolute Gasteiger partial charge is 0.411 e. The Labute approximate surface area is 162 Å². The molecule has 26 heavy (non-hydrogen) atoms. The Morgan fingerprint density at radius 3 is 2.81 bits per heavy atom. The van der Waals surface area contributed by atoms with Crippen molar-refractivity contribution in [1.82, 2.24) is 20.6 Å². The summed E-state index contributed by atoms with van der Waals surface area (Å²) in [5.74, 6) is 0.120. The SMILES string of the molecule is O=C(CSc1nnc(-c2ccncc2)o1)N/N=C/c1ccc(Cl)cc1Cl. The van der Waals surface area contributed by atoms with Crippen LogP contribution in [0.3, 0.4) is 0 Å². The summed E-state index contributed by atoms with van der Waals surface area (Å²) in [6, 6.07) is 8.49. The Hall–Kier alpha value is -2.42. The molecule has 0 atom stereocenters. The zero-order valence-corrected chi connectivity index (χ0v) is 15.4. The molecule has 10 heteroatoms. The Morgan fingerprint density at radius 1 is 1.23 bits per heavy atom. The lowest BCUT2D eigenvalue weighted by atomic mass is 10.2. The fourth-order valence-electron chi connectivity index (χ4n) is 1.82. The van der Waals surface area contributed by atoms with Crippen LogP contribution in [-0.4, -0.2) is 33.1 Å². The van der Waals surface area contributed by atoms with Gasteiger partial charge in [0, 0.05) is 28.5 Å². The van der Waals surface area contributed by atoms with Crippen LogP contribution in [0.1, 0.15) is 5.56 Å². The van der Waals surface area contributed by atoms with Crippen LogP contribution in [0.4, 0.5) is 0 Å². The molecule has 0 fully saturated rings. The summed E-state index contributed by atoms with van der Waals surface area (Å²) in [7, 11) is 0. The van der Waals surface area contributed by atoms with Crippen molar-refractivity contribution in [2.45, 2.75) is 5.22 Å². The van der Waals surface area contributed by atoms with Crippen LogP contribution in [0.15, 0.2) is 57.5 Å². The highest BCUT2D eigenvalue weighted by Crippen LogP contribution is 2.22. The van der Waals surface area contributed by atoms with Gasteiger partial charge in [0.05, 0.1) is 17.0 Å². The second-order valence-corrected chi connectivity index (χ2v) is 6.63. The third kappa shape index (κ3) is 5.04. The molecular formula is C16H11Cl2N5O2S. The summed E-state index contributed by atoms with van der Waals surface area (Å²) in [6.07, 6.45) is 4.70. The first kappa shape index (κ1) is 18.4. The molecule has 0 radical (unpaired) electrons. The van der Waals surface area contributed by atoms with Gasteiger partial charge < -0.3 is 4.42 Å². The van der Waals surface area contributed by atoms with E-state index in [2.05, 4.69) is 25.7 Å². The molecular weight excluding hydrogens is 397 g/mol. The van der Waals surface area contributed by atoms with Gasteiger partial charge in [0.15, 0.2) is 0 Å². The number of rotatable bonds is 6. The van der Waals surface area contributed by atoms with Gasteiger partial charge in [-0.2, -0.15) is 5.10 Å². The number of pyridine rings is 1. The average Bonchev–Trinajstić information content (AvgIpc) is 3.12. The third-order valence-electron chi connectivity index (χ3n) is 3.02. The summed E-state index contributed by atoms with van der Waals surface area (Å²) >= 11 is 12.9. The van der Waals surface area contributed by atoms with Crippen molar-refractivity contribution in [2.24, 2.45) is 5.10 Å². The molecule has 1 amide bonds. The predicted octanol–water partition coefficient (Wildman–Crippen LogP) is 3.68. The van der Waals surface area contributed by atoms with Crippen molar-refractivity contribution in [1.29, 1.82) is 0 Å². The lowest BCUT2D eigenvalue weighted by Crippen LogP contribution is -2.19. The molecule has 3 aromatic rings. The van der Waals surface area contributed by atoms with E-state index < -0.39 is 0 Å². The molecule has 2 aromatic heterocycles. The maximum Gasteiger partial charge on any atom is 0.277 e. The highest BCUT2D eigenvalue weighted by Gasteiger charge is 2.10. The lowest BCUT2D eigenvalue weighted by molar-refractivity contribution is -0.118. The smallest absolute Gasteiger partial charge is 0.277 e. The number of carbonyl (C=O) groups excluding carboxylic acids is 1. The summed E-state index contributed by atoms with van der Waals surface area (Å²) in [4.78, 5) is 15.7. The van der Waals surface area contributed by atoms with Crippen molar-refractivity contribution in [3.8, 4) is 11.5 Å². The predicted molar refractivity (Wildman–Crippen MR) is 100 cm³/mol. The number of halogens is 2. The molecule has 1 N–H and O–H groups in total. The maximum absolute atomic E-state index is 11.8. The van der Waals surface area contributed by atoms with Crippen molar-refractivity contribution in [2.75, 3.05) is 5.75 Å². The van der Waals surface area contributed by atoms with Gasteiger partial charge in [-0.1, -0.05) is 41.0 Å². The van der Waals surface area contributed by atoms with Gasteiger partial charge in [0.2, 0.25) is 5.89 Å². The Kier molecular flexibility index (Phi) is 6.21. The van der Waals surface area contributed by atoms with Crippen molar-refractivity contribution in [3.63, 3.8) is 0 Å². The molecule has 0 spiro atoms. The number of hydrogen-bond donors (Lipinski definition) is 1. The standard InChI is InChI=1S/C16H11Cl2N5O2S/c17-12-2-1-11(13(18)7-12)8-20-21-14(24)9-26-16-23-22-15(25-16)10-3-5-19-6-4-10/h1-8H,9H2,(H,21,24)/b20-8+. The Bertz CT molecular complexity index is 933. The molecule has 0 saturated carbocycles. The number of aromatic nitrogens is 3. The molecule has 3 rings (SSSR count). The molecule has 0 aliphatic carbocycles. The summed E-state index contributed by atoms with van der Waals surface area (Å²) in [5, 5.41) is 12.9. The van der Waals surface area contributed by atoms with Crippen LogP contribution in [0, 0.1) is 0 Å². The fraction of sp³-hybridized carbons (Fsp3) is 0.0625. The first-order valence-corrected chi connectivity index (χ1v) is 8.99. The van der Waals surface area contributed by atoms with E-state index in [1.807, 2.05) is 0 Å². The highest BCUT2D eigenvalue weighted by molar-refractivity contribution is 7.99. The van der Waals surface area contributed by atoms with Crippen molar-refractivity contribution < 1.29 is 9.21 Å². The third-order valence-corrected chi connectivity index (χ3v) is 4.40.